The molecule has 0 aliphatic rings. The summed E-state index contributed by atoms with van der Waals surface area (Å²) in [6.45, 7) is 11.0. The molecule has 2 rings (SSSR count). The van der Waals surface area contributed by atoms with Crippen molar-refractivity contribution in [2.75, 3.05) is 0 Å². The number of nitrogens with one attached hydrogen (secondary N) is 1. The van der Waals surface area contributed by atoms with Crippen LogP contribution in [0, 0.1) is 6.92 Å². The molecule has 0 saturated carbocycles. The molecule has 2 atom stereocenters. The summed E-state index contributed by atoms with van der Waals surface area (Å²) < 4.78 is 33.3. The summed E-state index contributed by atoms with van der Waals surface area (Å²) in [5, 5.41) is 13.3. The second-order valence-corrected chi connectivity index (χ2v) is 8.41. The van der Waals surface area contributed by atoms with E-state index in [2.05, 4.69) is 11.9 Å². The molecule has 0 heterocycles. The van der Waals surface area contributed by atoms with Gasteiger partial charge in [0.25, 0.3) is 5.66 Å². The smallest absolute Gasteiger partial charge is 0.283 e. The van der Waals surface area contributed by atoms with Crippen LogP contribution in [-0.2, 0) is 17.0 Å². The third-order valence-corrected chi connectivity index (χ3v) is 5.56. The topological polar surface area (TPSA) is 58.6 Å². The van der Waals surface area contributed by atoms with Gasteiger partial charge in [-0.15, -0.1) is 0 Å². The third-order valence-electron chi connectivity index (χ3n) is 5.23. The number of hydrogen-bond donors (Lipinski definition) is 2. The molecule has 0 radical (unpaired) electrons. The Kier molecular flexibility index (Phi) is 8.71. The van der Waals surface area contributed by atoms with Crippen molar-refractivity contribution < 1.29 is 23.4 Å². The first-order chi connectivity index (χ1) is 15.0. The van der Waals surface area contributed by atoms with E-state index in [0.29, 0.717) is 16.9 Å². The molecule has 0 spiro atoms. The maximum absolute atomic E-state index is 13.6. The highest BCUT2D eigenvalue weighted by atomic mass is 31.0. The Morgan fingerprint density at radius 2 is 1.97 bits per heavy atom. The van der Waals surface area contributed by atoms with E-state index in [0.717, 1.165) is 28.7 Å². The Bertz CT molecular complexity index is 1010. The fraction of sp³-hybridized carbons (Fsp3) is 0.320. The van der Waals surface area contributed by atoms with Gasteiger partial charge in [0.2, 0.25) is 5.91 Å². The number of allylic oxidation sites excluding steroid dienone is 1. The number of carbonyl (C=O) groups is 1. The van der Waals surface area contributed by atoms with Gasteiger partial charge in [-0.3, -0.25) is 4.79 Å². The maximum Gasteiger partial charge on any atom is 0.283 e. The maximum atomic E-state index is 13.6. The number of hydrogen-bond acceptors (Lipinski definition) is 3. The predicted molar refractivity (Wildman–Crippen MR) is 128 cm³/mol. The molecule has 2 aromatic rings. The van der Waals surface area contributed by atoms with Crippen LogP contribution in [0.3, 0.4) is 0 Å². The number of aliphatic hydroxyl groups is 1. The molecule has 0 bridgehead atoms. The fourth-order valence-electron chi connectivity index (χ4n) is 3.26. The van der Waals surface area contributed by atoms with Crippen molar-refractivity contribution in [3.05, 3.63) is 77.1 Å². The van der Waals surface area contributed by atoms with Crippen LogP contribution in [-0.4, -0.2) is 11.0 Å². The molecule has 0 saturated heterocycles. The molecule has 0 aromatic heterocycles. The van der Waals surface area contributed by atoms with E-state index >= 15 is 0 Å². The van der Waals surface area contributed by atoms with Gasteiger partial charge in [0.1, 0.15) is 5.75 Å². The van der Waals surface area contributed by atoms with E-state index in [1.54, 1.807) is 25.3 Å². The lowest BCUT2D eigenvalue weighted by Crippen LogP contribution is -2.21. The van der Waals surface area contributed by atoms with Gasteiger partial charge in [0.15, 0.2) is 0 Å². The third kappa shape index (κ3) is 6.24. The molecular weight excluding hydrogens is 431 g/mol. The summed E-state index contributed by atoms with van der Waals surface area (Å²) >= 11 is 0. The van der Waals surface area contributed by atoms with Gasteiger partial charge in [-0.25, -0.2) is 0 Å². The van der Waals surface area contributed by atoms with Crippen LogP contribution in [0.15, 0.2) is 54.8 Å². The lowest BCUT2D eigenvalue weighted by Gasteiger charge is -2.22. The summed E-state index contributed by atoms with van der Waals surface area (Å²) in [5.74, 6) is 0.133. The molecule has 2 aromatic carbocycles. The molecular formula is C25H30F2NO3P. The molecule has 172 valence electrons. The van der Waals surface area contributed by atoms with E-state index in [1.807, 2.05) is 26.8 Å². The molecule has 32 heavy (non-hydrogen) atoms. The lowest BCUT2D eigenvalue weighted by molar-refractivity contribution is -0.116. The number of alkyl halides is 2. The van der Waals surface area contributed by atoms with E-state index in [-0.39, 0.29) is 18.0 Å². The number of amides is 1. The van der Waals surface area contributed by atoms with E-state index in [4.69, 9.17) is 4.74 Å². The number of aliphatic hydroxyl groups excluding tert-OH is 1. The molecule has 1 amide bonds. The van der Waals surface area contributed by atoms with Crippen molar-refractivity contribution >= 4 is 15.1 Å². The zero-order chi connectivity index (χ0) is 24.1. The van der Waals surface area contributed by atoms with Crippen molar-refractivity contribution in [3.8, 4) is 16.9 Å². The number of benzene rings is 2. The fourth-order valence-corrected chi connectivity index (χ4v) is 3.45. The van der Waals surface area contributed by atoms with Crippen molar-refractivity contribution in [1.29, 1.82) is 0 Å². The summed E-state index contributed by atoms with van der Waals surface area (Å²) in [7, 11) is 1.53. The average molecular weight is 461 g/mol. The Morgan fingerprint density at radius 3 is 2.47 bits per heavy atom. The number of rotatable bonds is 9. The van der Waals surface area contributed by atoms with Gasteiger partial charge >= 0.3 is 0 Å². The molecule has 0 fully saturated rings. The van der Waals surface area contributed by atoms with Gasteiger partial charge in [0.05, 0.1) is 12.4 Å². The minimum atomic E-state index is -3.01. The first kappa shape index (κ1) is 25.7. The minimum Gasteiger partial charge on any atom is -0.464 e. The second kappa shape index (κ2) is 10.8. The zero-order valence-electron chi connectivity index (χ0n) is 18.8. The monoisotopic (exact) mass is 461 g/mol. The molecule has 7 heteroatoms. The van der Waals surface area contributed by atoms with Crippen molar-refractivity contribution in [2.24, 2.45) is 0 Å². The minimum absolute atomic E-state index is 0.110. The highest BCUT2D eigenvalue weighted by Gasteiger charge is 2.25. The number of carbonyl (C=O) groups excluding carboxylic acids is 1. The van der Waals surface area contributed by atoms with E-state index < -0.39 is 11.8 Å². The van der Waals surface area contributed by atoms with Crippen LogP contribution in [0.2, 0.25) is 0 Å². The van der Waals surface area contributed by atoms with Crippen LogP contribution in [0.1, 0.15) is 55.5 Å². The van der Waals surface area contributed by atoms with Crippen LogP contribution < -0.4 is 10.1 Å². The highest BCUT2D eigenvalue weighted by molar-refractivity contribution is 7.17. The predicted octanol–water partition coefficient (Wildman–Crippen LogP) is 6.13. The molecule has 4 nitrogen and oxygen atoms in total. The summed E-state index contributed by atoms with van der Waals surface area (Å²) in [5.41, 5.74) is 1.34. The lowest BCUT2D eigenvalue weighted by atomic mass is 9.90. The molecule has 2 unspecified atom stereocenters. The number of ether oxygens (including phenoxy) is 1. The zero-order valence-corrected chi connectivity index (χ0v) is 20.0. The Hall–Kier alpha value is -2.56. The first-order valence-corrected chi connectivity index (χ1v) is 10.9. The normalized spacial score (nSPS) is 12.9. The van der Waals surface area contributed by atoms with Gasteiger partial charge in [-0.2, -0.15) is 8.78 Å². The van der Waals surface area contributed by atoms with Gasteiger partial charge in [-0.05, 0) is 67.2 Å². The largest absolute Gasteiger partial charge is 0.464 e. The number of halogens is 2. The van der Waals surface area contributed by atoms with Crippen LogP contribution in [0.25, 0.3) is 11.1 Å². The van der Waals surface area contributed by atoms with Gasteiger partial charge < -0.3 is 15.2 Å². The quantitative estimate of drug-likeness (QED) is 0.268. The summed E-state index contributed by atoms with van der Waals surface area (Å²) in [6, 6.07) is 7.86. The highest BCUT2D eigenvalue weighted by Crippen LogP contribution is 2.41. The first-order valence-electron chi connectivity index (χ1n) is 10.3. The van der Waals surface area contributed by atoms with Crippen LogP contribution in [0.5, 0.6) is 5.75 Å². The summed E-state index contributed by atoms with van der Waals surface area (Å²) in [4.78, 5) is 11.8. The SMILES string of the molecule is C=CC(=O)NCc1cc(-c2ccc(C(F)(F)P)cc2)c(C)c(O/C=C(\C)CC)c1C(C)O. The Balaban J connectivity index is 2.69. The van der Waals surface area contributed by atoms with Crippen LogP contribution >= 0.6 is 9.24 Å². The molecule has 2 N–H and O–H groups in total. The van der Waals surface area contributed by atoms with E-state index in [9.17, 15) is 18.7 Å². The van der Waals surface area contributed by atoms with Crippen molar-refractivity contribution in [3.63, 3.8) is 0 Å². The van der Waals surface area contributed by atoms with Gasteiger partial charge in [-0.1, -0.05) is 47.0 Å². The van der Waals surface area contributed by atoms with Crippen molar-refractivity contribution in [2.45, 2.75) is 52.4 Å². The van der Waals surface area contributed by atoms with E-state index in [1.165, 1.54) is 27.4 Å². The molecule has 0 aliphatic heterocycles. The Labute approximate surface area is 190 Å². The standard InChI is InChI=1S/C25H30F2NO3P/c1-6-15(3)14-31-24-16(4)21(18-8-10-20(11-9-18)25(26,27)32)12-19(23(24)17(5)29)13-28-22(30)7-2/h7-12,14,17,29H,2,6,13,32H2,1,3-5H3,(H,28,30)/b15-14+. The second-order valence-electron chi connectivity index (χ2n) is 7.68. The Morgan fingerprint density at radius 1 is 1.34 bits per heavy atom. The summed E-state index contributed by atoms with van der Waals surface area (Å²) in [6.07, 6.45) is 2.75. The van der Waals surface area contributed by atoms with Crippen molar-refractivity contribution in [1.82, 2.24) is 5.32 Å². The van der Waals surface area contributed by atoms with Crippen LogP contribution in [0.4, 0.5) is 8.78 Å². The molecule has 0 aliphatic carbocycles. The van der Waals surface area contributed by atoms with Gasteiger partial charge in [0, 0.05) is 17.7 Å². The average Bonchev–Trinajstić information content (AvgIpc) is 2.75.